The van der Waals surface area contributed by atoms with E-state index < -0.39 is 0 Å². The smallest absolute Gasteiger partial charge is 0.0449 e. The van der Waals surface area contributed by atoms with E-state index in [0.717, 1.165) is 6.42 Å². The third-order valence-corrected chi connectivity index (χ3v) is 3.37. The normalized spacial score (nSPS) is 14.0. The molecule has 100 valence electrons. The fourth-order valence-corrected chi connectivity index (χ4v) is 2.30. The van der Waals surface area contributed by atoms with Gasteiger partial charge in [0.15, 0.2) is 0 Å². The molecule has 2 nitrogen and oxygen atoms in total. The highest BCUT2D eigenvalue weighted by Crippen LogP contribution is 2.21. The lowest BCUT2D eigenvalue weighted by Crippen LogP contribution is -2.25. The van der Waals surface area contributed by atoms with Crippen molar-refractivity contribution in [2.75, 3.05) is 6.61 Å². The molecule has 2 atom stereocenters. The summed E-state index contributed by atoms with van der Waals surface area (Å²) >= 11 is 0. The van der Waals surface area contributed by atoms with Crippen molar-refractivity contribution < 1.29 is 5.11 Å². The molecule has 0 heterocycles. The van der Waals surface area contributed by atoms with Gasteiger partial charge < -0.3 is 10.4 Å². The number of benzene rings is 2. The van der Waals surface area contributed by atoms with Crippen LogP contribution >= 0.6 is 0 Å². The molecular formula is C17H21NO. The molecule has 19 heavy (non-hydrogen) atoms. The number of nitrogens with one attached hydrogen (secondary N) is 1. The van der Waals surface area contributed by atoms with Crippen LogP contribution in [-0.2, 0) is 0 Å². The topological polar surface area (TPSA) is 32.3 Å². The maximum atomic E-state index is 9.24. The summed E-state index contributed by atoms with van der Waals surface area (Å²) in [6, 6.07) is 21.1. The molecule has 0 aromatic heterocycles. The lowest BCUT2D eigenvalue weighted by Gasteiger charge is -2.23. The molecule has 0 saturated carbocycles. The van der Waals surface area contributed by atoms with Crippen molar-refractivity contribution >= 4 is 0 Å². The minimum absolute atomic E-state index is 0.182. The molecule has 0 radical (unpaired) electrons. The van der Waals surface area contributed by atoms with Crippen molar-refractivity contribution in [3.63, 3.8) is 0 Å². The first kappa shape index (κ1) is 13.8. The van der Waals surface area contributed by atoms with Crippen LogP contribution in [0.2, 0.25) is 0 Å². The van der Waals surface area contributed by atoms with Crippen LogP contribution in [0, 0.1) is 0 Å². The van der Waals surface area contributed by atoms with Gasteiger partial charge in [0.05, 0.1) is 0 Å². The fraction of sp³-hybridized carbons (Fsp3) is 0.294. The second-order valence-corrected chi connectivity index (χ2v) is 4.77. The lowest BCUT2D eigenvalue weighted by molar-refractivity contribution is 0.260. The maximum Gasteiger partial charge on any atom is 0.0449 e. The van der Waals surface area contributed by atoms with Crippen molar-refractivity contribution in [2.45, 2.75) is 25.4 Å². The molecule has 0 saturated heterocycles. The number of aliphatic hydroxyl groups excluding tert-OH is 1. The molecule has 0 aliphatic heterocycles. The fourth-order valence-electron chi connectivity index (χ4n) is 2.30. The predicted octanol–water partition coefficient (Wildman–Crippen LogP) is 3.46. The van der Waals surface area contributed by atoms with Gasteiger partial charge in [0, 0.05) is 18.7 Å². The number of hydrogen-bond donors (Lipinski definition) is 2. The van der Waals surface area contributed by atoms with E-state index in [9.17, 15) is 5.11 Å². The summed E-state index contributed by atoms with van der Waals surface area (Å²) < 4.78 is 0. The number of hydrogen-bond acceptors (Lipinski definition) is 2. The average molecular weight is 255 g/mol. The second-order valence-electron chi connectivity index (χ2n) is 4.77. The zero-order valence-electron chi connectivity index (χ0n) is 11.3. The Hall–Kier alpha value is -1.64. The van der Waals surface area contributed by atoms with Crippen LogP contribution in [0.15, 0.2) is 60.7 Å². The highest BCUT2D eigenvalue weighted by molar-refractivity contribution is 5.22. The Morgan fingerprint density at radius 2 is 1.42 bits per heavy atom. The highest BCUT2D eigenvalue weighted by atomic mass is 16.3. The van der Waals surface area contributed by atoms with Crippen molar-refractivity contribution in [3.05, 3.63) is 71.8 Å². The van der Waals surface area contributed by atoms with E-state index in [1.165, 1.54) is 11.1 Å². The minimum Gasteiger partial charge on any atom is -0.396 e. The van der Waals surface area contributed by atoms with Gasteiger partial charge in [-0.1, -0.05) is 60.7 Å². The van der Waals surface area contributed by atoms with Crippen LogP contribution in [0.25, 0.3) is 0 Å². The standard InChI is InChI=1S/C17H21NO/c1-14(15-8-4-2-5-9-15)18-17(12-13-19)16-10-6-3-7-11-16/h2-11,14,17-19H,12-13H2,1H3/t14?,17-/m1/s1. The van der Waals surface area contributed by atoms with E-state index >= 15 is 0 Å². The Kier molecular flexibility index (Phi) is 5.13. The average Bonchev–Trinajstić information content (AvgIpc) is 2.48. The van der Waals surface area contributed by atoms with Gasteiger partial charge in [-0.05, 0) is 24.5 Å². The Morgan fingerprint density at radius 3 is 1.95 bits per heavy atom. The molecule has 2 aromatic rings. The van der Waals surface area contributed by atoms with Gasteiger partial charge in [0.25, 0.3) is 0 Å². The molecule has 0 spiro atoms. The molecule has 0 amide bonds. The SMILES string of the molecule is CC(N[C@H](CCO)c1ccccc1)c1ccccc1. The second kappa shape index (κ2) is 7.07. The van der Waals surface area contributed by atoms with Crippen LogP contribution in [0.5, 0.6) is 0 Å². The molecule has 2 heteroatoms. The van der Waals surface area contributed by atoms with E-state index in [-0.39, 0.29) is 18.7 Å². The van der Waals surface area contributed by atoms with Crippen LogP contribution in [0.1, 0.15) is 36.6 Å². The van der Waals surface area contributed by atoms with Crippen LogP contribution in [0.4, 0.5) is 0 Å². The molecule has 2 aromatic carbocycles. The highest BCUT2D eigenvalue weighted by Gasteiger charge is 2.14. The summed E-state index contributed by atoms with van der Waals surface area (Å²) in [4.78, 5) is 0. The van der Waals surface area contributed by atoms with Gasteiger partial charge in [-0.25, -0.2) is 0 Å². The Balaban J connectivity index is 2.09. The first-order chi connectivity index (χ1) is 9.31. The summed E-state index contributed by atoms with van der Waals surface area (Å²) in [5.41, 5.74) is 2.49. The third kappa shape index (κ3) is 3.91. The van der Waals surface area contributed by atoms with Crippen molar-refractivity contribution in [3.8, 4) is 0 Å². The molecule has 0 bridgehead atoms. The van der Waals surface area contributed by atoms with Gasteiger partial charge in [0.1, 0.15) is 0 Å². The summed E-state index contributed by atoms with van der Waals surface area (Å²) in [5.74, 6) is 0. The zero-order chi connectivity index (χ0) is 13.5. The van der Waals surface area contributed by atoms with E-state index in [1.807, 2.05) is 24.3 Å². The third-order valence-electron chi connectivity index (χ3n) is 3.37. The van der Waals surface area contributed by atoms with E-state index in [1.54, 1.807) is 0 Å². The summed E-state index contributed by atoms with van der Waals surface area (Å²) in [7, 11) is 0. The number of aliphatic hydroxyl groups is 1. The van der Waals surface area contributed by atoms with E-state index in [0.29, 0.717) is 0 Å². The summed E-state index contributed by atoms with van der Waals surface area (Å²) in [6.45, 7) is 2.34. The predicted molar refractivity (Wildman–Crippen MR) is 78.9 cm³/mol. The molecule has 0 aliphatic rings. The minimum atomic E-state index is 0.182. The van der Waals surface area contributed by atoms with Crippen molar-refractivity contribution in [1.82, 2.24) is 5.32 Å². The summed E-state index contributed by atoms with van der Waals surface area (Å²) in [6.07, 6.45) is 0.723. The van der Waals surface area contributed by atoms with Crippen LogP contribution in [-0.4, -0.2) is 11.7 Å². The van der Waals surface area contributed by atoms with Crippen LogP contribution in [0.3, 0.4) is 0 Å². The van der Waals surface area contributed by atoms with E-state index in [2.05, 4.69) is 48.6 Å². The molecule has 2 N–H and O–H groups in total. The molecule has 2 rings (SSSR count). The van der Waals surface area contributed by atoms with Crippen molar-refractivity contribution in [2.24, 2.45) is 0 Å². The molecular weight excluding hydrogens is 234 g/mol. The Labute approximate surface area is 115 Å². The van der Waals surface area contributed by atoms with Gasteiger partial charge in [-0.2, -0.15) is 0 Å². The first-order valence-electron chi connectivity index (χ1n) is 6.78. The lowest BCUT2D eigenvalue weighted by atomic mass is 10.0. The largest absolute Gasteiger partial charge is 0.396 e. The van der Waals surface area contributed by atoms with Gasteiger partial charge >= 0.3 is 0 Å². The van der Waals surface area contributed by atoms with Gasteiger partial charge in [-0.15, -0.1) is 0 Å². The van der Waals surface area contributed by atoms with Gasteiger partial charge in [0.2, 0.25) is 0 Å². The quantitative estimate of drug-likeness (QED) is 0.828. The van der Waals surface area contributed by atoms with Gasteiger partial charge in [-0.3, -0.25) is 0 Å². The molecule has 1 unspecified atom stereocenters. The Bertz CT molecular complexity index is 469. The monoisotopic (exact) mass is 255 g/mol. The first-order valence-corrected chi connectivity index (χ1v) is 6.78. The van der Waals surface area contributed by atoms with E-state index in [4.69, 9.17) is 0 Å². The molecule has 0 fully saturated rings. The number of rotatable bonds is 6. The summed E-state index contributed by atoms with van der Waals surface area (Å²) in [5, 5.41) is 12.8. The molecule has 0 aliphatic carbocycles. The Morgan fingerprint density at radius 1 is 0.895 bits per heavy atom. The van der Waals surface area contributed by atoms with Crippen LogP contribution < -0.4 is 5.32 Å². The van der Waals surface area contributed by atoms with Crippen molar-refractivity contribution in [1.29, 1.82) is 0 Å². The zero-order valence-corrected chi connectivity index (χ0v) is 11.3. The maximum absolute atomic E-state index is 9.24.